The Balaban J connectivity index is 1.33. The molecule has 3 aromatic rings. The molecule has 2 fully saturated rings. The van der Waals surface area contributed by atoms with Crippen molar-refractivity contribution in [1.82, 2.24) is 19.4 Å². The lowest BCUT2D eigenvalue weighted by atomic mass is 9.88. The molecule has 0 radical (unpaired) electrons. The van der Waals surface area contributed by atoms with Crippen LogP contribution < -0.4 is 10.2 Å². The predicted molar refractivity (Wildman–Crippen MR) is 178 cm³/mol. The van der Waals surface area contributed by atoms with Crippen molar-refractivity contribution >= 4 is 46.5 Å². The van der Waals surface area contributed by atoms with E-state index in [0.717, 1.165) is 25.7 Å². The molecule has 4 amide bonds. The van der Waals surface area contributed by atoms with Crippen LogP contribution in [-0.4, -0.2) is 82.0 Å². The van der Waals surface area contributed by atoms with Gasteiger partial charge >= 0.3 is 6.09 Å². The number of ether oxygens (including phenoxy) is 1. The number of amides is 4. The third-order valence-corrected chi connectivity index (χ3v) is 8.74. The Bertz CT molecular complexity index is 1670. The second kappa shape index (κ2) is 14.2. The van der Waals surface area contributed by atoms with Gasteiger partial charge in [-0.05, 0) is 76.1 Å². The van der Waals surface area contributed by atoms with E-state index in [0.29, 0.717) is 54.0 Å². The van der Waals surface area contributed by atoms with Gasteiger partial charge in [-0.2, -0.15) is 5.26 Å². The van der Waals surface area contributed by atoms with E-state index in [1.807, 2.05) is 45.0 Å². The van der Waals surface area contributed by atoms with E-state index in [-0.39, 0.29) is 42.7 Å². The first-order chi connectivity index (χ1) is 22.4. The van der Waals surface area contributed by atoms with Crippen LogP contribution in [0.2, 0.25) is 0 Å². The fourth-order valence-corrected chi connectivity index (χ4v) is 6.10. The van der Waals surface area contributed by atoms with Crippen LogP contribution in [0, 0.1) is 17.2 Å². The van der Waals surface area contributed by atoms with Gasteiger partial charge in [0.05, 0.1) is 22.7 Å². The minimum Gasteiger partial charge on any atom is -0.444 e. The smallest absolute Gasteiger partial charge is 0.410 e. The van der Waals surface area contributed by atoms with E-state index < -0.39 is 11.5 Å². The van der Waals surface area contributed by atoms with Crippen LogP contribution in [0.25, 0.3) is 11.0 Å². The molecule has 0 atom stereocenters. The highest BCUT2D eigenvalue weighted by molar-refractivity contribution is 6.04. The summed E-state index contributed by atoms with van der Waals surface area (Å²) in [7, 11) is 1.78. The van der Waals surface area contributed by atoms with Gasteiger partial charge in [0.1, 0.15) is 5.60 Å². The number of carbonyl (C=O) groups excluding carboxylic acids is 4. The zero-order valence-electron chi connectivity index (χ0n) is 27.6. The van der Waals surface area contributed by atoms with E-state index in [9.17, 15) is 19.2 Å². The molecule has 12 heteroatoms. The molecule has 47 heavy (non-hydrogen) atoms. The van der Waals surface area contributed by atoms with Crippen molar-refractivity contribution < 1.29 is 23.9 Å². The van der Waals surface area contributed by atoms with Crippen molar-refractivity contribution in [2.24, 2.45) is 5.92 Å². The lowest BCUT2D eigenvalue weighted by Crippen LogP contribution is -2.51. The quantitative estimate of drug-likeness (QED) is 0.375. The van der Waals surface area contributed by atoms with Gasteiger partial charge < -0.3 is 24.0 Å². The summed E-state index contributed by atoms with van der Waals surface area (Å²) < 4.78 is 7.27. The van der Waals surface area contributed by atoms with E-state index in [4.69, 9.17) is 15.0 Å². The summed E-state index contributed by atoms with van der Waals surface area (Å²) >= 11 is 0. The third-order valence-electron chi connectivity index (χ3n) is 8.74. The lowest BCUT2D eigenvalue weighted by molar-refractivity contribution is -0.133. The highest BCUT2D eigenvalue weighted by Gasteiger charge is 2.29. The molecule has 1 aromatic heterocycles. The molecule has 5 rings (SSSR count). The molecule has 1 aliphatic carbocycles. The number of hydrogen-bond acceptors (Lipinski definition) is 7. The van der Waals surface area contributed by atoms with Gasteiger partial charge in [0.25, 0.3) is 5.91 Å². The van der Waals surface area contributed by atoms with Crippen LogP contribution in [0.1, 0.15) is 75.2 Å². The molecule has 1 saturated carbocycles. The van der Waals surface area contributed by atoms with Crippen molar-refractivity contribution in [3.8, 4) is 6.07 Å². The standard InChI is InChI=1S/C35H43N7O5/c1-35(2,3)47-34(46)41-20-18-40(19-21-41)30(43)16-17-42-29-15-14-27(39(4)32(45)26-8-6-5-7-9-26)22-28(29)37-33(42)38-31(44)25-12-10-24(23-36)11-13-25/h10-15,22,26H,5-9,16-21H2,1-4H3,(H,37,38,44). The minimum absolute atomic E-state index is 0.0151. The van der Waals surface area contributed by atoms with Crippen molar-refractivity contribution in [2.75, 3.05) is 43.4 Å². The zero-order chi connectivity index (χ0) is 33.7. The first-order valence-electron chi connectivity index (χ1n) is 16.3. The largest absolute Gasteiger partial charge is 0.444 e. The SMILES string of the molecule is CN(C(=O)C1CCCCC1)c1ccc2c(c1)nc(NC(=O)c1ccc(C#N)cc1)n2CCC(=O)N1CCN(C(=O)OC(C)(C)C)CC1. The van der Waals surface area contributed by atoms with Gasteiger partial charge in [-0.3, -0.25) is 19.7 Å². The lowest BCUT2D eigenvalue weighted by Gasteiger charge is -2.35. The number of anilines is 2. The van der Waals surface area contributed by atoms with Crippen molar-refractivity contribution in [1.29, 1.82) is 5.26 Å². The zero-order valence-corrected chi connectivity index (χ0v) is 27.6. The topological polar surface area (TPSA) is 141 Å². The second-order valence-electron chi connectivity index (χ2n) is 13.2. The van der Waals surface area contributed by atoms with Crippen LogP contribution in [0.15, 0.2) is 42.5 Å². The highest BCUT2D eigenvalue weighted by Crippen LogP contribution is 2.30. The number of aromatic nitrogens is 2. The van der Waals surface area contributed by atoms with Crippen LogP contribution in [0.3, 0.4) is 0 Å². The fourth-order valence-electron chi connectivity index (χ4n) is 6.10. The first-order valence-corrected chi connectivity index (χ1v) is 16.3. The van der Waals surface area contributed by atoms with Gasteiger partial charge in [-0.1, -0.05) is 19.3 Å². The molecule has 2 aromatic carbocycles. The van der Waals surface area contributed by atoms with E-state index in [1.54, 1.807) is 50.6 Å². The van der Waals surface area contributed by atoms with Crippen molar-refractivity contribution in [2.45, 2.75) is 71.4 Å². The number of nitrogens with zero attached hydrogens (tertiary/aromatic N) is 6. The molecule has 2 aliphatic rings. The molecule has 0 unspecified atom stereocenters. The van der Waals surface area contributed by atoms with Crippen LogP contribution >= 0.6 is 0 Å². The third kappa shape index (κ3) is 8.09. The van der Waals surface area contributed by atoms with E-state index in [1.165, 1.54) is 6.42 Å². The maximum Gasteiger partial charge on any atom is 0.410 e. The number of imidazole rings is 1. The summed E-state index contributed by atoms with van der Waals surface area (Å²) in [4.78, 5) is 62.0. The average Bonchev–Trinajstić information content (AvgIpc) is 3.41. The summed E-state index contributed by atoms with van der Waals surface area (Å²) in [6, 6.07) is 13.9. The summed E-state index contributed by atoms with van der Waals surface area (Å²) in [6.45, 7) is 7.28. The number of hydrogen-bond donors (Lipinski definition) is 1. The van der Waals surface area contributed by atoms with Gasteiger partial charge in [0.15, 0.2) is 0 Å². The van der Waals surface area contributed by atoms with Crippen LogP contribution in [-0.2, 0) is 20.9 Å². The van der Waals surface area contributed by atoms with Crippen molar-refractivity contribution in [3.63, 3.8) is 0 Å². The Kier molecular flexibility index (Phi) is 10.1. The summed E-state index contributed by atoms with van der Waals surface area (Å²) in [5.74, 6) is -0.0956. The number of rotatable bonds is 7. The number of nitrogens with one attached hydrogen (secondary N) is 1. The Hall–Kier alpha value is -4.92. The minimum atomic E-state index is -0.591. The van der Waals surface area contributed by atoms with Crippen LogP contribution in [0.4, 0.5) is 16.4 Å². The Morgan fingerprint density at radius 3 is 2.28 bits per heavy atom. The normalized spacial score (nSPS) is 15.6. The molecule has 1 N–H and O–H groups in total. The maximum atomic E-state index is 13.3. The second-order valence-corrected chi connectivity index (χ2v) is 13.2. The number of carbonyl (C=O) groups is 4. The van der Waals surface area contributed by atoms with E-state index in [2.05, 4.69) is 5.32 Å². The molecular weight excluding hydrogens is 598 g/mol. The Morgan fingerprint density at radius 2 is 1.64 bits per heavy atom. The van der Waals surface area contributed by atoms with Gasteiger partial charge in [0, 0.05) is 63.4 Å². The molecule has 2 heterocycles. The molecule has 1 saturated heterocycles. The van der Waals surface area contributed by atoms with E-state index >= 15 is 0 Å². The summed E-state index contributed by atoms with van der Waals surface area (Å²) in [5, 5.41) is 12.0. The number of benzene rings is 2. The Labute approximate surface area is 275 Å². The Morgan fingerprint density at radius 1 is 0.979 bits per heavy atom. The molecule has 12 nitrogen and oxygen atoms in total. The molecule has 0 bridgehead atoms. The highest BCUT2D eigenvalue weighted by atomic mass is 16.6. The van der Waals surface area contributed by atoms with Crippen LogP contribution in [0.5, 0.6) is 0 Å². The van der Waals surface area contributed by atoms with Crippen molar-refractivity contribution in [3.05, 3.63) is 53.6 Å². The summed E-state index contributed by atoms with van der Waals surface area (Å²) in [6.07, 6.45) is 4.86. The number of piperazine rings is 1. The average molecular weight is 642 g/mol. The predicted octanol–water partition coefficient (Wildman–Crippen LogP) is 5.17. The van der Waals surface area contributed by atoms with Gasteiger partial charge in [0.2, 0.25) is 17.8 Å². The molecule has 248 valence electrons. The number of nitriles is 1. The number of fused-ring (bicyclic) bond motifs is 1. The number of aryl methyl sites for hydroxylation is 1. The molecule has 1 aliphatic heterocycles. The molecule has 0 spiro atoms. The molecular formula is C35H43N7O5. The first kappa shape index (κ1) is 33.4. The maximum absolute atomic E-state index is 13.3. The monoisotopic (exact) mass is 641 g/mol. The van der Waals surface area contributed by atoms with Gasteiger partial charge in [-0.15, -0.1) is 0 Å². The summed E-state index contributed by atoms with van der Waals surface area (Å²) in [5.41, 5.74) is 2.22. The van der Waals surface area contributed by atoms with Gasteiger partial charge in [-0.25, -0.2) is 9.78 Å². The fraction of sp³-hybridized carbons (Fsp3) is 0.486.